The Kier molecular flexibility index (Phi) is 4.79. The van der Waals surface area contributed by atoms with Crippen molar-refractivity contribution in [3.63, 3.8) is 0 Å². The zero-order chi connectivity index (χ0) is 20.7. The minimum Gasteiger partial charge on any atom is -0.457 e. The van der Waals surface area contributed by atoms with Gasteiger partial charge in [0.05, 0.1) is 5.39 Å². The molecular weight excluding hydrogens is 392 g/mol. The number of aromatic amines is 1. The van der Waals surface area contributed by atoms with Gasteiger partial charge in [-0.2, -0.15) is 0 Å². The van der Waals surface area contributed by atoms with Gasteiger partial charge in [0, 0.05) is 17.0 Å². The average Bonchev–Trinajstić information content (AvgIpc) is 3.01. The number of benzene rings is 1. The highest BCUT2D eigenvalue weighted by molar-refractivity contribution is 7.20. The second-order valence-electron chi connectivity index (χ2n) is 6.74. The molecule has 4 aromatic rings. The Balaban J connectivity index is 1.66. The van der Waals surface area contributed by atoms with Gasteiger partial charge in [0.25, 0.3) is 5.56 Å². The van der Waals surface area contributed by atoms with E-state index in [-0.39, 0.29) is 12.2 Å². The topological polar surface area (TPSA) is 102 Å². The Labute approximate surface area is 169 Å². The number of carbonyl (C=O) groups excluding carboxylic acids is 1. The number of esters is 1. The number of fused-ring (bicyclic) bond motifs is 2. The fourth-order valence-electron chi connectivity index (χ4n) is 3.27. The molecule has 0 aliphatic carbocycles. The number of thiophene rings is 1. The summed E-state index contributed by atoms with van der Waals surface area (Å²) in [5.74, 6) is -0.0771. The first-order valence-electron chi connectivity index (χ1n) is 9.10. The number of ether oxygens (including phenoxy) is 1. The van der Waals surface area contributed by atoms with Gasteiger partial charge in [-0.3, -0.25) is 4.79 Å². The summed E-state index contributed by atoms with van der Waals surface area (Å²) in [5.41, 5.74) is 1.84. The Hall–Kier alpha value is -3.26. The smallest absolute Gasteiger partial charge is 0.349 e. The van der Waals surface area contributed by atoms with Crippen molar-refractivity contribution in [1.82, 2.24) is 9.97 Å². The predicted molar refractivity (Wildman–Crippen MR) is 111 cm³/mol. The summed E-state index contributed by atoms with van der Waals surface area (Å²) in [4.78, 5) is 44.5. The molecule has 1 N–H and O–H groups in total. The Morgan fingerprint density at radius 2 is 2.03 bits per heavy atom. The number of hydrogen-bond acceptors (Lipinski definition) is 7. The average molecular weight is 410 g/mol. The van der Waals surface area contributed by atoms with Crippen molar-refractivity contribution in [2.75, 3.05) is 0 Å². The lowest BCUT2D eigenvalue weighted by atomic mass is 10.1. The molecule has 0 saturated heterocycles. The molecule has 0 bridgehead atoms. The maximum atomic E-state index is 12.7. The van der Waals surface area contributed by atoms with Crippen LogP contribution in [0.5, 0.6) is 0 Å². The zero-order valence-electron chi connectivity index (χ0n) is 16.1. The van der Waals surface area contributed by atoms with Crippen LogP contribution in [0.2, 0.25) is 0 Å². The second-order valence-corrected chi connectivity index (χ2v) is 7.74. The van der Waals surface area contributed by atoms with Crippen molar-refractivity contribution in [1.29, 1.82) is 0 Å². The van der Waals surface area contributed by atoms with E-state index in [4.69, 9.17) is 9.15 Å². The van der Waals surface area contributed by atoms with Gasteiger partial charge < -0.3 is 14.1 Å². The fraction of sp³-hybridized carbons (Fsp3) is 0.238. The van der Waals surface area contributed by atoms with Crippen molar-refractivity contribution in [3.8, 4) is 0 Å². The molecule has 0 saturated carbocycles. The van der Waals surface area contributed by atoms with Crippen LogP contribution in [0, 0.1) is 13.8 Å². The SMILES string of the molecule is CCc1ccc2c(COC(=O)c3sc4nc(C)[nH]c(=O)c4c3C)cc(=O)oc2c1. The molecule has 148 valence electrons. The quantitative estimate of drug-likeness (QED) is 0.407. The van der Waals surface area contributed by atoms with Crippen molar-refractivity contribution in [2.24, 2.45) is 0 Å². The first-order chi connectivity index (χ1) is 13.9. The van der Waals surface area contributed by atoms with E-state index in [0.29, 0.717) is 37.6 Å². The van der Waals surface area contributed by atoms with Crippen LogP contribution in [0.1, 0.15) is 39.1 Å². The highest BCUT2D eigenvalue weighted by atomic mass is 32.1. The number of nitrogens with zero attached hydrogens (tertiary/aromatic N) is 1. The standard InChI is InChI=1S/C21H18N2O5S/c1-4-12-5-6-14-13(8-16(24)28-15(14)7-12)9-27-21(26)18-10(2)17-19(25)22-11(3)23-20(17)29-18/h5-8H,4,9H2,1-3H3,(H,22,23,25). The van der Waals surface area contributed by atoms with Crippen LogP contribution in [-0.4, -0.2) is 15.9 Å². The summed E-state index contributed by atoms with van der Waals surface area (Å²) in [5, 5.41) is 1.11. The maximum absolute atomic E-state index is 12.7. The van der Waals surface area contributed by atoms with Crippen LogP contribution in [-0.2, 0) is 17.8 Å². The van der Waals surface area contributed by atoms with Gasteiger partial charge in [0.2, 0.25) is 0 Å². The van der Waals surface area contributed by atoms with Crippen LogP contribution in [0.4, 0.5) is 0 Å². The Morgan fingerprint density at radius 3 is 2.79 bits per heavy atom. The first-order valence-corrected chi connectivity index (χ1v) is 9.91. The second kappa shape index (κ2) is 7.29. The molecular formula is C21H18N2O5S. The molecule has 0 spiro atoms. The van der Waals surface area contributed by atoms with Gasteiger partial charge in [-0.15, -0.1) is 11.3 Å². The molecule has 0 fully saturated rings. The summed E-state index contributed by atoms with van der Waals surface area (Å²) < 4.78 is 10.7. The van der Waals surface area contributed by atoms with E-state index in [1.807, 2.05) is 25.1 Å². The number of rotatable bonds is 4. The molecule has 0 amide bonds. The fourth-order valence-corrected chi connectivity index (χ4v) is 4.39. The van der Waals surface area contributed by atoms with E-state index in [9.17, 15) is 14.4 Å². The lowest BCUT2D eigenvalue weighted by Gasteiger charge is -2.08. The third-order valence-electron chi connectivity index (χ3n) is 4.77. The van der Waals surface area contributed by atoms with E-state index < -0.39 is 11.6 Å². The van der Waals surface area contributed by atoms with Crippen molar-refractivity contribution in [2.45, 2.75) is 33.8 Å². The number of aromatic nitrogens is 2. The Bertz CT molecular complexity index is 1380. The third-order valence-corrected chi connectivity index (χ3v) is 5.93. The van der Waals surface area contributed by atoms with Crippen LogP contribution >= 0.6 is 11.3 Å². The lowest BCUT2D eigenvalue weighted by molar-refractivity contribution is 0.0479. The van der Waals surface area contributed by atoms with Gasteiger partial charge in [-0.25, -0.2) is 14.6 Å². The highest BCUT2D eigenvalue weighted by Gasteiger charge is 2.20. The van der Waals surface area contributed by atoms with E-state index in [1.165, 1.54) is 6.07 Å². The summed E-state index contributed by atoms with van der Waals surface area (Å²) >= 11 is 1.12. The van der Waals surface area contributed by atoms with Crippen LogP contribution in [0.3, 0.4) is 0 Å². The maximum Gasteiger partial charge on any atom is 0.349 e. The van der Waals surface area contributed by atoms with E-state index in [1.54, 1.807) is 13.8 Å². The largest absolute Gasteiger partial charge is 0.457 e. The first kappa shape index (κ1) is 19.1. The molecule has 7 nitrogen and oxygen atoms in total. The predicted octanol–water partition coefficient (Wildman–Crippen LogP) is 3.63. The van der Waals surface area contributed by atoms with Crippen LogP contribution in [0.25, 0.3) is 21.2 Å². The number of aryl methyl sites for hydroxylation is 3. The lowest BCUT2D eigenvalue weighted by Crippen LogP contribution is -2.10. The summed E-state index contributed by atoms with van der Waals surface area (Å²) in [6.07, 6.45) is 0.816. The Morgan fingerprint density at radius 1 is 1.24 bits per heavy atom. The number of carbonyl (C=O) groups is 1. The molecule has 3 aromatic heterocycles. The molecule has 0 radical (unpaired) electrons. The minimum absolute atomic E-state index is 0.0805. The number of hydrogen-bond donors (Lipinski definition) is 1. The molecule has 4 rings (SSSR count). The zero-order valence-corrected chi connectivity index (χ0v) is 16.9. The third kappa shape index (κ3) is 3.47. The molecule has 0 aliphatic rings. The van der Waals surface area contributed by atoms with Gasteiger partial charge in [-0.1, -0.05) is 19.1 Å². The van der Waals surface area contributed by atoms with E-state index in [2.05, 4.69) is 9.97 Å². The van der Waals surface area contributed by atoms with Crippen molar-refractivity contribution >= 4 is 38.5 Å². The molecule has 8 heteroatoms. The molecule has 29 heavy (non-hydrogen) atoms. The molecule has 1 aromatic carbocycles. The van der Waals surface area contributed by atoms with Crippen LogP contribution < -0.4 is 11.2 Å². The normalized spacial score (nSPS) is 11.3. The van der Waals surface area contributed by atoms with Gasteiger partial charge >= 0.3 is 11.6 Å². The summed E-state index contributed by atoms with van der Waals surface area (Å²) in [6, 6.07) is 6.95. The molecule has 0 unspecified atom stereocenters. The van der Waals surface area contributed by atoms with Gasteiger partial charge in [0.15, 0.2) is 0 Å². The minimum atomic E-state index is -0.561. The summed E-state index contributed by atoms with van der Waals surface area (Å²) in [6.45, 7) is 5.31. The monoisotopic (exact) mass is 410 g/mol. The molecule has 3 heterocycles. The van der Waals surface area contributed by atoms with Crippen molar-refractivity contribution in [3.05, 3.63) is 72.4 Å². The molecule has 0 atom stereocenters. The van der Waals surface area contributed by atoms with Gasteiger partial charge in [-0.05, 0) is 37.5 Å². The van der Waals surface area contributed by atoms with Crippen molar-refractivity contribution < 1.29 is 13.9 Å². The number of nitrogens with one attached hydrogen (secondary N) is 1. The van der Waals surface area contributed by atoms with E-state index in [0.717, 1.165) is 28.7 Å². The van der Waals surface area contributed by atoms with Crippen LogP contribution in [0.15, 0.2) is 38.3 Å². The highest BCUT2D eigenvalue weighted by Crippen LogP contribution is 2.28. The van der Waals surface area contributed by atoms with Gasteiger partial charge in [0.1, 0.15) is 27.7 Å². The number of H-pyrrole nitrogens is 1. The summed E-state index contributed by atoms with van der Waals surface area (Å²) in [7, 11) is 0. The van der Waals surface area contributed by atoms with E-state index >= 15 is 0 Å². The molecule has 0 aliphatic heterocycles.